The molecule has 0 bridgehead atoms. The molecule has 1 unspecified atom stereocenters. The van der Waals surface area contributed by atoms with Gasteiger partial charge in [0.2, 0.25) is 5.95 Å². The summed E-state index contributed by atoms with van der Waals surface area (Å²) in [6.07, 6.45) is 1.22. The van der Waals surface area contributed by atoms with Gasteiger partial charge in [-0.15, -0.1) is 10.2 Å². The zero-order valence-corrected chi connectivity index (χ0v) is 11.8. The summed E-state index contributed by atoms with van der Waals surface area (Å²) in [6, 6.07) is -0.709. The minimum atomic E-state index is -0.948. The lowest BCUT2D eigenvalue weighted by Crippen LogP contribution is -2.45. The first-order valence-corrected chi connectivity index (χ1v) is 6.48. The fourth-order valence-electron chi connectivity index (χ4n) is 2.32. The number of carboxylic acid groups (broad SMARTS) is 1. The molecule has 1 atom stereocenters. The second-order valence-corrected chi connectivity index (χ2v) is 5.96. The molecule has 1 aromatic heterocycles. The fourth-order valence-corrected chi connectivity index (χ4v) is 2.32. The first-order valence-electron chi connectivity index (χ1n) is 6.48. The maximum atomic E-state index is 12.2. The highest BCUT2D eigenvalue weighted by molar-refractivity contribution is 5.78. The van der Waals surface area contributed by atoms with E-state index in [4.69, 9.17) is 5.84 Å². The maximum absolute atomic E-state index is 12.2. The molecule has 0 aliphatic carbocycles. The van der Waals surface area contributed by atoms with Crippen LogP contribution in [0.4, 0.5) is 5.95 Å². The number of hydrogen-bond donors (Lipinski definition) is 2. The molecule has 1 saturated heterocycles. The minimum absolute atomic E-state index is 0.105. The van der Waals surface area contributed by atoms with Gasteiger partial charge in [-0.25, -0.2) is 4.79 Å². The molecule has 2 heterocycles. The smallest absolute Gasteiger partial charge is 0.326 e. The average Bonchev–Trinajstić information content (AvgIpc) is 2.79. The van der Waals surface area contributed by atoms with E-state index in [0.29, 0.717) is 19.4 Å². The number of aliphatic carboxylic acids is 1. The highest BCUT2D eigenvalue weighted by atomic mass is 16.4. The summed E-state index contributed by atoms with van der Waals surface area (Å²) in [7, 11) is 0. The van der Waals surface area contributed by atoms with E-state index in [1.54, 1.807) is 0 Å². The number of nitrogens with two attached hydrogens (primary N) is 1. The lowest BCUT2D eigenvalue weighted by Gasteiger charge is -2.24. The van der Waals surface area contributed by atoms with Crippen molar-refractivity contribution in [3.8, 4) is 0 Å². The third-order valence-electron chi connectivity index (χ3n) is 3.38. The van der Waals surface area contributed by atoms with E-state index in [9.17, 15) is 14.7 Å². The molecule has 20 heavy (non-hydrogen) atoms. The first-order chi connectivity index (χ1) is 9.23. The van der Waals surface area contributed by atoms with E-state index < -0.39 is 23.0 Å². The van der Waals surface area contributed by atoms with Gasteiger partial charge in [-0.2, -0.15) is 4.68 Å². The maximum Gasteiger partial charge on any atom is 0.326 e. The molecule has 1 aliphatic heterocycles. The van der Waals surface area contributed by atoms with Crippen LogP contribution in [0, 0.1) is 0 Å². The summed E-state index contributed by atoms with van der Waals surface area (Å²) >= 11 is 0. The van der Waals surface area contributed by atoms with E-state index >= 15 is 0 Å². The zero-order valence-electron chi connectivity index (χ0n) is 11.8. The normalized spacial score (nSPS) is 19.4. The first kappa shape index (κ1) is 14.3. The van der Waals surface area contributed by atoms with Gasteiger partial charge < -0.3 is 15.8 Å². The second-order valence-electron chi connectivity index (χ2n) is 5.96. The Morgan fingerprint density at radius 2 is 2.05 bits per heavy atom. The lowest BCUT2D eigenvalue weighted by atomic mass is 9.93. The molecule has 8 nitrogen and oxygen atoms in total. The number of rotatable bonds is 2. The SMILES string of the molecule is CC(C)(C)c1nnc(N2CCCC2C(=O)O)n(N)c1=O. The Balaban J connectivity index is 2.47. The highest BCUT2D eigenvalue weighted by Crippen LogP contribution is 2.23. The van der Waals surface area contributed by atoms with Crippen molar-refractivity contribution < 1.29 is 9.90 Å². The van der Waals surface area contributed by atoms with Crippen LogP contribution in [0.5, 0.6) is 0 Å². The Morgan fingerprint density at radius 1 is 1.40 bits per heavy atom. The van der Waals surface area contributed by atoms with Crippen molar-refractivity contribution in [3.05, 3.63) is 16.0 Å². The largest absolute Gasteiger partial charge is 0.480 e. The fraction of sp³-hybridized carbons (Fsp3) is 0.667. The molecule has 0 radical (unpaired) electrons. The molecule has 110 valence electrons. The average molecular weight is 281 g/mol. The molecule has 0 spiro atoms. The number of nitrogen functional groups attached to an aromatic ring is 1. The van der Waals surface area contributed by atoms with Gasteiger partial charge in [0.1, 0.15) is 11.7 Å². The van der Waals surface area contributed by atoms with Gasteiger partial charge in [-0.3, -0.25) is 4.79 Å². The van der Waals surface area contributed by atoms with Crippen LogP contribution < -0.4 is 16.3 Å². The Kier molecular flexibility index (Phi) is 3.41. The van der Waals surface area contributed by atoms with Crippen molar-refractivity contribution in [3.63, 3.8) is 0 Å². The third kappa shape index (κ3) is 2.33. The van der Waals surface area contributed by atoms with Crippen LogP contribution >= 0.6 is 0 Å². The predicted octanol–water partition coefficient (Wildman–Crippen LogP) is -0.297. The van der Waals surface area contributed by atoms with Gasteiger partial charge in [0.25, 0.3) is 5.56 Å². The van der Waals surface area contributed by atoms with Crippen molar-refractivity contribution in [2.75, 3.05) is 17.3 Å². The lowest BCUT2D eigenvalue weighted by molar-refractivity contribution is -0.138. The Morgan fingerprint density at radius 3 is 2.60 bits per heavy atom. The number of aromatic nitrogens is 3. The van der Waals surface area contributed by atoms with Crippen LogP contribution in [0.15, 0.2) is 4.79 Å². The van der Waals surface area contributed by atoms with E-state index in [0.717, 1.165) is 4.68 Å². The molecule has 0 saturated carbocycles. The van der Waals surface area contributed by atoms with Crippen molar-refractivity contribution in [2.24, 2.45) is 0 Å². The third-order valence-corrected chi connectivity index (χ3v) is 3.38. The summed E-state index contributed by atoms with van der Waals surface area (Å²) < 4.78 is 0.898. The summed E-state index contributed by atoms with van der Waals surface area (Å²) in [5.41, 5.74) is -0.658. The standard InChI is InChI=1S/C12H19N5O3/c1-12(2,3)8-9(18)17(13)11(15-14-8)16-6-4-5-7(16)10(19)20/h7H,4-6,13H2,1-3H3,(H,19,20). The highest BCUT2D eigenvalue weighted by Gasteiger charge is 2.34. The molecule has 0 aromatic carbocycles. The number of carbonyl (C=O) groups is 1. The van der Waals surface area contributed by atoms with Crippen LogP contribution in [-0.4, -0.2) is 38.5 Å². The van der Waals surface area contributed by atoms with E-state index in [2.05, 4.69) is 10.2 Å². The zero-order chi connectivity index (χ0) is 15.1. The van der Waals surface area contributed by atoms with Crippen molar-refractivity contribution in [1.82, 2.24) is 14.9 Å². The number of nitrogens with zero attached hydrogens (tertiary/aromatic N) is 4. The van der Waals surface area contributed by atoms with Crippen LogP contribution in [0.1, 0.15) is 39.3 Å². The van der Waals surface area contributed by atoms with Crippen LogP contribution in [0.25, 0.3) is 0 Å². The van der Waals surface area contributed by atoms with E-state index in [-0.39, 0.29) is 11.6 Å². The second kappa shape index (κ2) is 4.77. The van der Waals surface area contributed by atoms with Crippen molar-refractivity contribution >= 4 is 11.9 Å². The molecule has 3 N–H and O–H groups in total. The summed E-state index contributed by atoms with van der Waals surface area (Å²) in [4.78, 5) is 24.9. The van der Waals surface area contributed by atoms with Gasteiger partial charge >= 0.3 is 5.97 Å². The molecule has 1 aromatic rings. The van der Waals surface area contributed by atoms with E-state index in [1.165, 1.54) is 4.90 Å². The number of hydrogen-bond acceptors (Lipinski definition) is 6. The summed E-state index contributed by atoms with van der Waals surface area (Å²) in [5.74, 6) is 4.95. The summed E-state index contributed by atoms with van der Waals surface area (Å²) in [6.45, 7) is 6.02. The summed E-state index contributed by atoms with van der Waals surface area (Å²) in [5, 5.41) is 17.1. The Bertz CT molecular complexity index is 590. The molecular weight excluding hydrogens is 262 g/mol. The minimum Gasteiger partial charge on any atom is -0.480 e. The molecule has 1 aliphatic rings. The monoisotopic (exact) mass is 281 g/mol. The Labute approximate surface area is 116 Å². The molecule has 0 amide bonds. The molecular formula is C12H19N5O3. The van der Waals surface area contributed by atoms with Gasteiger partial charge in [0, 0.05) is 12.0 Å². The van der Waals surface area contributed by atoms with Crippen molar-refractivity contribution in [2.45, 2.75) is 45.1 Å². The van der Waals surface area contributed by atoms with Crippen LogP contribution in [0.3, 0.4) is 0 Å². The van der Waals surface area contributed by atoms with Crippen molar-refractivity contribution in [1.29, 1.82) is 0 Å². The van der Waals surface area contributed by atoms with E-state index in [1.807, 2.05) is 20.8 Å². The molecule has 8 heteroatoms. The molecule has 1 fully saturated rings. The van der Waals surface area contributed by atoms with Gasteiger partial charge in [-0.05, 0) is 12.8 Å². The van der Waals surface area contributed by atoms with Gasteiger partial charge in [0.05, 0.1) is 0 Å². The number of carboxylic acids is 1. The van der Waals surface area contributed by atoms with Crippen LogP contribution in [0.2, 0.25) is 0 Å². The predicted molar refractivity (Wildman–Crippen MR) is 73.1 cm³/mol. The number of anilines is 1. The van der Waals surface area contributed by atoms with Crippen LogP contribution in [-0.2, 0) is 10.2 Å². The quantitative estimate of drug-likeness (QED) is 0.715. The van der Waals surface area contributed by atoms with Gasteiger partial charge in [0.15, 0.2) is 0 Å². The van der Waals surface area contributed by atoms with Gasteiger partial charge in [-0.1, -0.05) is 20.8 Å². The molecule has 2 rings (SSSR count). The topological polar surface area (TPSA) is 114 Å². The Hall–Kier alpha value is -2.12.